The Kier molecular flexibility index (Phi) is 4.45. The van der Waals surface area contributed by atoms with Crippen molar-refractivity contribution in [1.29, 1.82) is 0 Å². The first kappa shape index (κ1) is 19.0. The fourth-order valence-corrected chi connectivity index (χ4v) is 4.18. The summed E-state index contributed by atoms with van der Waals surface area (Å²) >= 11 is 0. The van der Waals surface area contributed by atoms with Gasteiger partial charge in [0.25, 0.3) is 0 Å². The molecule has 32 heavy (non-hydrogen) atoms. The van der Waals surface area contributed by atoms with Crippen LogP contribution in [-0.2, 0) is 12.8 Å². The summed E-state index contributed by atoms with van der Waals surface area (Å²) in [7, 11) is 0. The molecule has 0 saturated heterocycles. The van der Waals surface area contributed by atoms with Gasteiger partial charge >= 0.3 is 0 Å². The number of hydrogen-bond donors (Lipinski definition) is 0. The highest BCUT2D eigenvalue weighted by Gasteiger charge is 2.20. The molecule has 0 atom stereocenters. The molecule has 1 aromatic carbocycles. The van der Waals surface area contributed by atoms with E-state index in [2.05, 4.69) is 25.4 Å². The summed E-state index contributed by atoms with van der Waals surface area (Å²) < 4.78 is 19.3. The molecule has 5 aromatic rings. The molecule has 7 nitrogen and oxygen atoms in total. The van der Waals surface area contributed by atoms with Crippen molar-refractivity contribution in [2.24, 2.45) is 0 Å². The lowest BCUT2D eigenvalue weighted by atomic mass is 9.93. The molecular formula is C24H22FN7. The number of aromatic nitrogens is 7. The van der Waals surface area contributed by atoms with E-state index in [-0.39, 0.29) is 5.82 Å². The van der Waals surface area contributed by atoms with Crippen LogP contribution in [0.25, 0.3) is 27.7 Å². The fraction of sp³-hybridized carbons (Fsp3) is 0.292. The topological polar surface area (TPSA) is 73.8 Å². The van der Waals surface area contributed by atoms with Gasteiger partial charge in [-0.25, -0.2) is 4.39 Å². The maximum absolute atomic E-state index is 15.6. The molecule has 8 heteroatoms. The quantitative estimate of drug-likeness (QED) is 0.411. The van der Waals surface area contributed by atoms with Crippen molar-refractivity contribution in [3.05, 3.63) is 71.8 Å². The first-order chi connectivity index (χ1) is 15.7. The molecule has 0 spiro atoms. The van der Waals surface area contributed by atoms with Gasteiger partial charge in [-0.05, 0) is 55.5 Å². The molecule has 1 aliphatic carbocycles. The predicted octanol–water partition coefficient (Wildman–Crippen LogP) is 4.55. The van der Waals surface area contributed by atoms with E-state index in [4.69, 9.17) is 0 Å². The van der Waals surface area contributed by atoms with Crippen molar-refractivity contribution in [2.75, 3.05) is 0 Å². The fourth-order valence-electron chi connectivity index (χ4n) is 4.18. The van der Waals surface area contributed by atoms with Crippen LogP contribution in [0.1, 0.15) is 49.3 Å². The number of rotatable bonds is 5. The van der Waals surface area contributed by atoms with Crippen molar-refractivity contribution in [2.45, 2.75) is 45.1 Å². The van der Waals surface area contributed by atoms with Crippen molar-refractivity contribution >= 4 is 16.6 Å². The van der Waals surface area contributed by atoms with Gasteiger partial charge in [-0.2, -0.15) is 14.7 Å². The van der Waals surface area contributed by atoms with Gasteiger partial charge in [0.1, 0.15) is 5.82 Å². The number of nitrogens with zero attached hydrogens (tertiary/aromatic N) is 7. The van der Waals surface area contributed by atoms with Crippen LogP contribution < -0.4 is 0 Å². The first-order valence-electron chi connectivity index (χ1n) is 11.0. The second-order valence-corrected chi connectivity index (χ2v) is 8.36. The van der Waals surface area contributed by atoms with Crippen molar-refractivity contribution in [1.82, 2.24) is 34.6 Å². The Hall–Kier alpha value is -3.68. The van der Waals surface area contributed by atoms with Crippen LogP contribution in [0.2, 0.25) is 0 Å². The highest BCUT2D eigenvalue weighted by atomic mass is 19.1. The van der Waals surface area contributed by atoms with E-state index in [9.17, 15) is 0 Å². The molecule has 1 saturated carbocycles. The van der Waals surface area contributed by atoms with Crippen molar-refractivity contribution < 1.29 is 4.39 Å². The van der Waals surface area contributed by atoms with Crippen molar-refractivity contribution in [3.63, 3.8) is 0 Å². The third-order valence-corrected chi connectivity index (χ3v) is 6.36. The standard InChI is InChI=1S/C24H22FN7/c1-2-18-7-9-22-28-29-23(32(22)30-18)11-15-6-8-21-20(24(15)25)10-16(12-26-21)17-13-27-31(14-17)19-4-3-5-19/h6-10,12-14,19H,2-5,11H2,1H3. The lowest BCUT2D eigenvalue weighted by molar-refractivity contribution is 0.289. The zero-order valence-corrected chi connectivity index (χ0v) is 17.7. The van der Waals surface area contributed by atoms with Crippen LogP contribution in [0, 0.1) is 5.82 Å². The number of aryl methyl sites for hydroxylation is 1. The number of pyridine rings is 1. The van der Waals surface area contributed by atoms with Gasteiger partial charge in [-0.1, -0.05) is 13.0 Å². The third-order valence-electron chi connectivity index (χ3n) is 6.36. The Labute approximate surface area is 183 Å². The molecule has 4 heterocycles. The van der Waals surface area contributed by atoms with Crippen LogP contribution in [0.4, 0.5) is 4.39 Å². The molecular weight excluding hydrogens is 405 g/mol. The van der Waals surface area contributed by atoms with E-state index < -0.39 is 0 Å². The summed E-state index contributed by atoms with van der Waals surface area (Å²) in [5.41, 5.74) is 4.58. The first-order valence-corrected chi connectivity index (χ1v) is 11.0. The van der Waals surface area contributed by atoms with Gasteiger partial charge in [-0.15, -0.1) is 10.2 Å². The van der Waals surface area contributed by atoms with E-state index in [1.54, 1.807) is 16.8 Å². The van der Waals surface area contributed by atoms with E-state index in [1.807, 2.05) is 48.3 Å². The summed E-state index contributed by atoms with van der Waals surface area (Å²) in [6.07, 6.45) is 10.3. The van der Waals surface area contributed by atoms with Gasteiger partial charge in [0.05, 0.1) is 23.4 Å². The maximum atomic E-state index is 15.6. The Morgan fingerprint density at radius 3 is 2.78 bits per heavy atom. The van der Waals surface area contributed by atoms with E-state index in [1.165, 1.54) is 19.3 Å². The molecule has 0 unspecified atom stereocenters. The highest BCUT2D eigenvalue weighted by Crippen LogP contribution is 2.33. The average molecular weight is 427 g/mol. The number of fused-ring (bicyclic) bond motifs is 2. The lowest BCUT2D eigenvalue weighted by Gasteiger charge is -2.25. The van der Waals surface area contributed by atoms with E-state index in [0.29, 0.717) is 40.4 Å². The normalized spacial score (nSPS) is 14.3. The van der Waals surface area contributed by atoms with Gasteiger partial charge in [0, 0.05) is 35.3 Å². The molecule has 0 bridgehead atoms. The van der Waals surface area contributed by atoms with Gasteiger partial charge in [-0.3, -0.25) is 9.67 Å². The summed E-state index contributed by atoms with van der Waals surface area (Å²) in [5.74, 6) is 0.325. The van der Waals surface area contributed by atoms with Crippen LogP contribution in [0.5, 0.6) is 0 Å². The number of hydrogen-bond acceptors (Lipinski definition) is 5. The largest absolute Gasteiger partial charge is 0.269 e. The third kappa shape index (κ3) is 3.14. The summed E-state index contributed by atoms with van der Waals surface area (Å²) in [5, 5.41) is 18.0. The number of halogens is 1. The molecule has 0 amide bonds. The van der Waals surface area contributed by atoms with Crippen LogP contribution in [0.3, 0.4) is 0 Å². The summed E-state index contributed by atoms with van der Waals surface area (Å²) in [6.45, 7) is 2.04. The molecule has 4 aromatic heterocycles. The summed E-state index contributed by atoms with van der Waals surface area (Å²) in [6, 6.07) is 9.79. The minimum Gasteiger partial charge on any atom is -0.269 e. The summed E-state index contributed by atoms with van der Waals surface area (Å²) in [4.78, 5) is 4.49. The Balaban J connectivity index is 1.37. The molecule has 6 rings (SSSR count). The Morgan fingerprint density at radius 2 is 1.97 bits per heavy atom. The van der Waals surface area contributed by atoms with E-state index >= 15 is 4.39 Å². The average Bonchev–Trinajstić information content (AvgIpc) is 3.41. The molecule has 0 aliphatic heterocycles. The predicted molar refractivity (Wildman–Crippen MR) is 119 cm³/mol. The van der Waals surface area contributed by atoms with Crippen LogP contribution in [-0.4, -0.2) is 34.6 Å². The zero-order chi connectivity index (χ0) is 21.7. The molecule has 160 valence electrons. The minimum absolute atomic E-state index is 0.286. The SMILES string of the molecule is CCc1ccc2nnc(Cc3ccc4ncc(-c5cnn(C6CCC6)c5)cc4c3F)n2n1. The minimum atomic E-state index is -0.286. The smallest absolute Gasteiger partial charge is 0.177 e. The van der Waals surface area contributed by atoms with Gasteiger partial charge < -0.3 is 0 Å². The van der Waals surface area contributed by atoms with Crippen LogP contribution >= 0.6 is 0 Å². The Bertz CT molecular complexity index is 1450. The monoisotopic (exact) mass is 427 g/mol. The second kappa shape index (κ2) is 7.47. The van der Waals surface area contributed by atoms with Gasteiger partial charge in [0.2, 0.25) is 0 Å². The molecule has 1 fully saturated rings. The number of benzene rings is 1. The molecule has 0 radical (unpaired) electrons. The van der Waals surface area contributed by atoms with Gasteiger partial charge in [0.15, 0.2) is 11.5 Å². The van der Waals surface area contributed by atoms with Crippen molar-refractivity contribution in [3.8, 4) is 11.1 Å². The highest BCUT2D eigenvalue weighted by molar-refractivity contribution is 5.84. The lowest BCUT2D eigenvalue weighted by Crippen LogP contribution is -2.16. The molecule has 0 N–H and O–H groups in total. The zero-order valence-electron chi connectivity index (χ0n) is 17.7. The maximum Gasteiger partial charge on any atom is 0.177 e. The molecule has 1 aliphatic rings. The van der Waals surface area contributed by atoms with E-state index in [0.717, 1.165) is 23.2 Å². The van der Waals surface area contributed by atoms with Crippen LogP contribution in [0.15, 0.2) is 48.9 Å². The Morgan fingerprint density at radius 1 is 1.06 bits per heavy atom. The second-order valence-electron chi connectivity index (χ2n) is 8.36.